The minimum Gasteiger partial charge on any atom is -0.491 e. The molecule has 1 aromatic heterocycles. The van der Waals surface area contributed by atoms with Gasteiger partial charge in [-0.25, -0.2) is 15.0 Å². The van der Waals surface area contributed by atoms with Crippen molar-refractivity contribution < 1.29 is 4.74 Å². The van der Waals surface area contributed by atoms with E-state index in [0.717, 1.165) is 43.4 Å². The van der Waals surface area contributed by atoms with Gasteiger partial charge in [-0.15, -0.1) is 0 Å². The van der Waals surface area contributed by atoms with Gasteiger partial charge in [0.05, 0.1) is 0 Å². The van der Waals surface area contributed by atoms with Gasteiger partial charge in [-0.05, 0) is 12.1 Å². The average Bonchev–Trinajstić information content (AvgIpc) is 3.06. The van der Waals surface area contributed by atoms with Gasteiger partial charge in [0.25, 0.3) is 0 Å². The number of ether oxygens (including phenoxy) is 1. The van der Waals surface area contributed by atoms with Crippen LogP contribution in [-0.4, -0.2) is 53.6 Å². The quantitative estimate of drug-likeness (QED) is 0.657. The molecule has 1 aromatic carbocycles. The molecule has 124 valence electrons. The Morgan fingerprint density at radius 3 is 2.62 bits per heavy atom. The number of nitrogens with zero attached hydrogens (tertiary/aromatic N) is 5. The fraction of sp³-hybridized carbons (Fsp3) is 0.353. The molecule has 1 unspecified atom stereocenters. The van der Waals surface area contributed by atoms with Gasteiger partial charge < -0.3 is 20.3 Å². The second-order valence-electron chi connectivity index (χ2n) is 5.87. The Morgan fingerprint density at radius 2 is 1.83 bits per heavy atom. The first-order chi connectivity index (χ1) is 11.8. The van der Waals surface area contributed by atoms with E-state index >= 15 is 0 Å². The summed E-state index contributed by atoms with van der Waals surface area (Å²) in [4.78, 5) is 17.6. The first kappa shape index (κ1) is 14.7. The number of aliphatic imine (C=N–C) groups is 1. The Balaban J connectivity index is 1.41. The molecule has 3 heterocycles. The van der Waals surface area contributed by atoms with Crippen LogP contribution in [0.3, 0.4) is 0 Å². The fourth-order valence-corrected chi connectivity index (χ4v) is 3.08. The SMILES string of the molecule is NC(=NC1COc2ccccc21)N1CCN(c2ncccn2)CC1. The van der Waals surface area contributed by atoms with Crippen molar-refractivity contribution in [3.05, 3.63) is 48.3 Å². The van der Waals surface area contributed by atoms with Gasteiger partial charge in [0, 0.05) is 44.1 Å². The summed E-state index contributed by atoms with van der Waals surface area (Å²) >= 11 is 0. The van der Waals surface area contributed by atoms with E-state index in [1.165, 1.54) is 0 Å². The molecular weight excluding hydrogens is 304 g/mol. The third-order valence-corrected chi connectivity index (χ3v) is 4.40. The lowest BCUT2D eigenvalue weighted by atomic mass is 10.1. The summed E-state index contributed by atoms with van der Waals surface area (Å²) < 4.78 is 5.67. The first-order valence-electron chi connectivity index (χ1n) is 8.13. The highest BCUT2D eigenvalue weighted by Crippen LogP contribution is 2.34. The summed E-state index contributed by atoms with van der Waals surface area (Å²) in [6.45, 7) is 3.83. The molecule has 2 aromatic rings. The Hall–Kier alpha value is -2.83. The average molecular weight is 324 g/mol. The number of piperazine rings is 1. The van der Waals surface area contributed by atoms with Gasteiger partial charge in [-0.3, -0.25) is 0 Å². The highest BCUT2D eigenvalue weighted by molar-refractivity contribution is 5.78. The lowest BCUT2D eigenvalue weighted by molar-refractivity contribution is 0.329. The molecule has 1 saturated heterocycles. The topological polar surface area (TPSA) is 79.9 Å². The predicted octanol–water partition coefficient (Wildman–Crippen LogP) is 1.05. The highest BCUT2D eigenvalue weighted by Gasteiger charge is 2.25. The second-order valence-corrected chi connectivity index (χ2v) is 5.87. The minimum absolute atomic E-state index is 0.0170. The monoisotopic (exact) mass is 324 g/mol. The van der Waals surface area contributed by atoms with Crippen LogP contribution in [0.2, 0.25) is 0 Å². The number of hydrogen-bond donors (Lipinski definition) is 1. The number of anilines is 1. The fourth-order valence-electron chi connectivity index (χ4n) is 3.08. The normalized spacial score (nSPS) is 20.7. The van der Waals surface area contributed by atoms with Crippen LogP contribution in [0.1, 0.15) is 11.6 Å². The van der Waals surface area contributed by atoms with E-state index in [2.05, 4.69) is 30.8 Å². The zero-order valence-corrected chi connectivity index (χ0v) is 13.4. The second kappa shape index (κ2) is 6.35. The van der Waals surface area contributed by atoms with E-state index in [0.29, 0.717) is 12.6 Å². The summed E-state index contributed by atoms with van der Waals surface area (Å²) in [5, 5.41) is 0. The van der Waals surface area contributed by atoms with Crippen LogP contribution in [0, 0.1) is 0 Å². The third-order valence-electron chi connectivity index (χ3n) is 4.40. The number of aromatic nitrogens is 2. The summed E-state index contributed by atoms with van der Waals surface area (Å²) in [5.74, 6) is 2.25. The molecule has 2 aliphatic rings. The first-order valence-corrected chi connectivity index (χ1v) is 8.13. The van der Waals surface area contributed by atoms with E-state index in [1.54, 1.807) is 12.4 Å². The Morgan fingerprint density at radius 1 is 1.08 bits per heavy atom. The molecule has 0 amide bonds. The van der Waals surface area contributed by atoms with Crippen molar-refractivity contribution in [1.82, 2.24) is 14.9 Å². The van der Waals surface area contributed by atoms with Crippen LogP contribution in [0.15, 0.2) is 47.7 Å². The van der Waals surface area contributed by atoms with Crippen LogP contribution >= 0.6 is 0 Å². The maximum absolute atomic E-state index is 6.24. The van der Waals surface area contributed by atoms with Crippen LogP contribution in [0.4, 0.5) is 5.95 Å². The summed E-state index contributed by atoms with van der Waals surface area (Å²) in [5.41, 5.74) is 7.35. The standard InChI is InChI=1S/C17H20N6O/c18-16(21-14-12-24-15-5-2-1-4-13(14)15)22-8-10-23(11-9-22)17-19-6-3-7-20-17/h1-7,14H,8-12H2,(H2,18,21). The van der Waals surface area contributed by atoms with E-state index in [-0.39, 0.29) is 6.04 Å². The van der Waals surface area contributed by atoms with Crippen LogP contribution in [0.5, 0.6) is 5.75 Å². The van der Waals surface area contributed by atoms with Crippen LogP contribution in [-0.2, 0) is 0 Å². The molecule has 4 rings (SSSR count). The third kappa shape index (κ3) is 2.84. The van der Waals surface area contributed by atoms with Crippen molar-refractivity contribution in [1.29, 1.82) is 0 Å². The molecule has 0 saturated carbocycles. The van der Waals surface area contributed by atoms with E-state index in [9.17, 15) is 0 Å². The number of guanidine groups is 1. The molecule has 1 fully saturated rings. The van der Waals surface area contributed by atoms with Gasteiger partial charge in [0.15, 0.2) is 5.96 Å². The van der Waals surface area contributed by atoms with E-state index < -0.39 is 0 Å². The molecule has 0 spiro atoms. The zero-order chi connectivity index (χ0) is 16.4. The lowest BCUT2D eigenvalue weighted by Gasteiger charge is -2.35. The maximum atomic E-state index is 6.24. The number of hydrogen-bond acceptors (Lipinski definition) is 5. The smallest absolute Gasteiger partial charge is 0.225 e. The van der Waals surface area contributed by atoms with Gasteiger partial charge in [0.2, 0.25) is 5.95 Å². The number of benzene rings is 1. The molecule has 2 aliphatic heterocycles. The van der Waals surface area contributed by atoms with Gasteiger partial charge in [0.1, 0.15) is 18.4 Å². The molecule has 1 atom stereocenters. The minimum atomic E-state index is -0.0170. The van der Waals surface area contributed by atoms with Crippen molar-refractivity contribution in [3.8, 4) is 5.75 Å². The highest BCUT2D eigenvalue weighted by atomic mass is 16.5. The summed E-state index contributed by atoms with van der Waals surface area (Å²) in [6.07, 6.45) is 3.53. The molecule has 2 N–H and O–H groups in total. The molecular formula is C17H20N6O. The predicted molar refractivity (Wildman–Crippen MR) is 92.1 cm³/mol. The van der Waals surface area contributed by atoms with Gasteiger partial charge in [-0.1, -0.05) is 18.2 Å². The number of nitrogens with two attached hydrogens (primary N) is 1. The van der Waals surface area contributed by atoms with E-state index in [4.69, 9.17) is 10.5 Å². The van der Waals surface area contributed by atoms with Gasteiger partial charge >= 0.3 is 0 Å². The number of fused-ring (bicyclic) bond motifs is 1. The number of rotatable bonds is 2. The van der Waals surface area contributed by atoms with E-state index in [1.807, 2.05) is 24.3 Å². The molecule has 7 heteroatoms. The molecule has 0 aliphatic carbocycles. The Kier molecular flexibility index (Phi) is 3.90. The van der Waals surface area contributed by atoms with Crippen LogP contribution in [0.25, 0.3) is 0 Å². The molecule has 24 heavy (non-hydrogen) atoms. The van der Waals surface area contributed by atoms with Crippen LogP contribution < -0.4 is 15.4 Å². The van der Waals surface area contributed by atoms with Crippen molar-refractivity contribution in [2.45, 2.75) is 6.04 Å². The molecule has 0 bridgehead atoms. The van der Waals surface area contributed by atoms with Crippen molar-refractivity contribution in [3.63, 3.8) is 0 Å². The lowest BCUT2D eigenvalue weighted by Crippen LogP contribution is -2.51. The van der Waals surface area contributed by atoms with Gasteiger partial charge in [-0.2, -0.15) is 0 Å². The zero-order valence-electron chi connectivity index (χ0n) is 13.4. The van der Waals surface area contributed by atoms with Crippen molar-refractivity contribution in [2.24, 2.45) is 10.7 Å². The number of para-hydroxylation sites is 1. The summed E-state index contributed by atoms with van der Waals surface area (Å²) in [6, 6.07) is 9.81. The Labute approximate surface area is 140 Å². The Bertz CT molecular complexity index is 727. The van der Waals surface area contributed by atoms with Crippen molar-refractivity contribution in [2.75, 3.05) is 37.7 Å². The molecule has 0 radical (unpaired) electrons. The largest absolute Gasteiger partial charge is 0.491 e. The summed E-state index contributed by atoms with van der Waals surface area (Å²) in [7, 11) is 0. The van der Waals surface area contributed by atoms with Crippen molar-refractivity contribution >= 4 is 11.9 Å². The molecule has 7 nitrogen and oxygen atoms in total. The maximum Gasteiger partial charge on any atom is 0.225 e.